The lowest BCUT2D eigenvalue weighted by molar-refractivity contribution is -0.308. The molecule has 0 saturated carbocycles. The molecule has 5 atom stereocenters. The number of halogens is 1. The van der Waals surface area contributed by atoms with Gasteiger partial charge in [0.15, 0.2) is 0 Å². The number of carbonyl (C=O) groups is 15. The number of carboxylic acids is 8. The van der Waals surface area contributed by atoms with Crippen molar-refractivity contribution < 1.29 is 117 Å². The van der Waals surface area contributed by atoms with Crippen LogP contribution in [0.3, 0.4) is 0 Å². The van der Waals surface area contributed by atoms with Gasteiger partial charge in [-0.2, -0.15) is 0 Å². The second kappa shape index (κ2) is 41.2. The summed E-state index contributed by atoms with van der Waals surface area (Å²) in [5.41, 5.74) is -0.00875. The van der Waals surface area contributed by atoms with Crippen LogP contribution in [0.1, 0.15) is 123 Å². The van der Waals surface area contributed by atoms with E-state index >= 15 is 4.11 Å². The number of benzene rings is 1. The average Bonchev–Trinajstić information content (AvgIpc) is 0.749. The van der Waals surface area contributed by atoms with E-state index in [0.717, 1.165) is 0 Å². The van der Waals surface area contributed by atoms with Crippen LogP contribution in [0.2, 0.25) is 10.1 Å². The van der Waals surface area contributed by atoms with Crippen molar-refractivity contribution in [2.45, 2.75) is 152 Å². The van der Waals surface area contributed by atoms with Gasteiger partial charge >= 0.3 is 35.9 Å². The molecule has 544 valence electrons. The van der Waals surface area contributed by atoms with Crippen molar-refractivity contribution in [1.29, 1.82) is 0 Å². The van der Waals surface area contributed by atoms with Crippen LogP contribution in [0.4, 0.5) is 8.90 Å². The molecule has 0 bridgehead atoms. The lowest BCUT2D eigenvalue weighted by atomic mass is 10.1. The molecule has 35 nitrogen and oxygen atoms in total. The third-order valence-corrected chi connectivity index (χ3v) is 20.9. The van der Waals surface area contributed by atoms with E-state index in [1.165, 1.54) is 39.0 Å². The highest BCUT2D eigenvalue weighted by Gasteiger charge is 2.56. The van der Waals surface area contributed by atoms with Crippen LogP contribution in [0.25, 0.3) is 0 Å². The van der Waals surface area contributed by atoms with Gasteiger partial charge in [0.2, 0.25) is 29.5 Å². The molecule has 2 rings (SSSR count). The van der Waals surface area contributed by atoms with Crippen LogP contribution in [-0.2, 0) is 62.3 Å². The Morgan fingerprint density at radius 1 is 0.443 bits per heavy atom. The van der Waals surface area contributed by atoms with E-state index in [9.17, 15) is 108 Å². The molecule has 0 aromatic heterocycles. The van der Waals surface area contributed by atoms with Gasteiger partial charge < -0.3 is 102 Å². The Balaban J connectivity index is 2.09. The number of amides is 8. The number of carboxylic acid groups (broad SMARTS) is 8. The molecule has 0 spiro atoms. The molecule has 8 amide bonds. The zero-order valence-electron chi connectivity index (χ0n) is 55.3. The van der Waals surface area contributed by atoms with Gasteiger partial charge in [-0.15, -0.1) is 0 Å². The van der Waals surface area contributed by atoms with Gasteiger partial charge in [-0.3, -0.25) is 53.2 Å². The minimum absolute atomic E-state index is 0.000188. The van der Waals surface area contributed by atoms with Crippen LogP contribution in [-0.4, -0.2) is 271 Å². The van der Waals surface area contributed by atoms with Gasteiger partial charge in [-0.1, -0.05) is 53.7 Å². The summed E-state index contributed by atoms with van der Waals surface area (Å²) in [5.74, 6) is -16.5. The summed E-state index contributed by atoms with van der Waals surface area (Å²) in [6.45, 7) is 8.26. The van der Waals surface area contributed by atoms with Crippen molar-refractivity contribution in [1.82, 2.24) is 62.1 Å². The maximum atomic E-state index is 17.2. The number of nitrogens with zero attached hydrogens (tertiary/aromatic N) is 4. The monoisotopic (exact) mass is 1400 g/mol. The number of hydrogen-bond donors (Lipinski definition) is 13. The van der Waals surface area contributed by atoms with Crippen molar-refractivity contribution in [3.05, 3.63) is 29.8 Å². The van der Waals surface area contributed by atoms with Crippen molar-refractivity contribution >= 4 is 103 Å². The lowest BCUT2D eigenvalue weighted by Crippen LogP contribution is -2.58. The number of hydrogen-bond acceptors (Lipinski definition) is 22. The zero-order chi connectivity index (χ0) is 73.4. The number of aliphatic carboxylic acids is 8. The van der Waals surface area contributed by atoms with Crippen LogP contribution < -0.4 is 63.0 Å². The van der Waals surface area contributed by atoms with Crippen LogP contribution in [0.15, 0.2) is 24.3 Å². The molecule has 1 fully saturated rings. The van der Waals surface area contributed by atoms with E-state index in [1.54, 1.807) is 46.4 Å². The molecule has 1 aliphatic rings. The predicted molar refractivity (Wildman–Crippen MR) is 336 cm³/mol. The molecular formula is C60H92FN12O23Si-3. The molecule has 1 saturated heterocycles. The Kier molecular flexibility index (Phi) is 35.8. The smallest absolute Gasteiger partial charge is 0.326 e. The third kappa shape index (κ3) is 32.1. The quantitative estimate of drug-likeness (QED) is 0.0165. The summed E-state index contributed by atoms with van der Waals surface area (Å²) in [6, 6.07) is -3.64. The highest BCUT2D eigenvalue weighted by atomic mass is 28.4. The highest BCUT2D eigenvalue weighted by Crippen LogP contribution is 2.51. The van der Waals surface area contributed by atoms with Crippen LogP contribution in [0, 0.1) is 0 Å². The maximum absolute atomic E-state index is 17.2. The summed E-state index contributed by atoms with van der Waals surface area (Å²) in [7, 11) is -3.79. The van der Waals surface area contributed by atoms with Gasteiger partial charge in [0.1, 0.15) is 30.2 Å². The van der Waals surface area contributed by atoms with E-state index in [1.807, 2.05) is 10.6 Å². The van der Waals surface area contributed by atoms with E-state index in [4.69, 9.17) is 5.11 Å². The fourth-order valence-electron chi connectivity index (χ4n) is 10.6. The maximum Gasteiger partial charge on any atom is 0.326 e. The molecule has 1 aliphatic heterocycles. The average molecular weight is 1400 g/mol. The van der Waals surface area contributed by atoms with E-state index < -0.39 is 196 Å². The third-order valence-electron chi connectivity index (χ3n) is 15.7. The summed E-state index contributed by atoms with van der Waals surface area (Å²) in [6.07, 6.45) is -3.05. The minimum atomic E-state index is -3.79. The molecule has 37 heteroatoms. The van der Waals surface area contributed by atoms with Gasteiger partial charge in [0, 0.05) is 123 Å². The van der Waals surface area contributed by atoms with E-state index in [2.05, 4.69) is 31.9 Å². The Morgan fingerprint density at radius 3 is 1.23 bits per heavy atom. The normalized spacial score (nSPS) is 15.5. The van der Waals surface area contributed by atoms with Gasteiger partial charge in [0.25, 0.3) is 14.3 Å². The first kappa shape index (κ1) is 84.1. The first-order valence-corrected chi connectivity index (χ1v) is 33.3. The van der Waals surface area contributed by atoms with Crippen molar-refractivity contribution in [3.63, 3.8) is 0 Å². The second-order valence-electron chi connectivity index (χ2n) is 25.4. The minimum Gasteiger partial charge on any atom is -0.549 e. The standard InChI is InChI=1S/C60H95FN12O23Si/c1-59(2,3)97(61,60(4,5)6)38-14-12-37(13-15-38)52(86)67-43(32-64-47(77)33-70-24-26-71(34-49(80)81)28-30-73(36-51(84)85)31-29-72(27-25-70)35-50(82)83)53(87)66-40(55(90)91)10-7-8-22-62-44(74)19-20-45(75)63-23-9-11-39(54(88)89)65-46(76)18-16-41(56(92)93)68-58(96)69-42(57(94)95)17-21-48(78)79/h12-15,39-43H,7-11,16-36H2,1-6H3,(H,62,74)(H,63,75)(H,64,77)(H,65,76)(H,66,87)(H,67,86)(H,78,79)(H,80,81)(H,82,83)(H,84,85)(H,88,89)(H,90,91)(H,92,93)(H,94,95)(H2,68,69,96)/p-3/t39-,40-,41+,42+,43-/m1/s1. The lowest BCUT2D eigenvalue weighted by Gasteiger charge is -2.44. The molecular weight excluding hydrogens is 1300 g/mol. The van der Waals surface area contributed by atoms with E-state index in [-0.39, 0.29) is 116 Å². The number of unbranched alkanes of at least 4 members (excludes halogenated alkanes) is 1. The fourth-order valence-corrected chi connectivity index (χ4v) is 15.2. The van der Waals surface area contributed by atoms with Crippen molar-refractivity contribution in [2.75, 3.05) is 98.2 Å². The highest BCUT2D eigenvalue weighted by molar-refractivity contribution is 6.90. The number of urea groups is 1. The number of rotatable bonds is 40. The first-order valence-electron chi connectivity index (χ1n) is 31.4. The zero-order valence-corrected chi connectivity index (χ0v) is 56.3. The summed E-state index contributed by atoms with van der Waals surface area (Å²) < 4.78 is 17.2. The van der Waals surface area contributed by atoms with Gasteiger partial charge in [0.05, 0.1) is 24.5 Å². The van der Waals surface area contributed by atoms with Crippen LogP contribution in [0.5, 0.6) is 0 Å². The summed E-state index contributed by atoms with van der Waals surface area (Å²) >= 11 is 0. The topological polar surface area (TPSA) is 536 Å². The molecule has 97 heavy (non-hydrogen) atoms. The molecule has 0 aliphatic carbocycles. The van der Waals surface area contributed by atoms with Crippen molar-refractivity contribution in [2.24, 2.45) is 0 Å². The van der Waals surface area contributed by atoms with E-state index in [0.29, 0.717) is 5.19 Å². The van der Waals surface area contributed by atoms with Crippen molar-refractivity contribution in [3.8, 4) is 0 Å². The van der Waals surface area contributed by atoms with Gasteiger partial charge in [-0.05, 0) is 72.3 Å². The fraction of sp³-hybridized carbons (Fsp3) is 0.650. The molecule has 13 N–H and O–H groups in total. The SMILES string of the molecule is CC(C)(C)[Si](F)(c1ccc(C(=O)N[C@H](CNC(=O)CN2CCN(CC(=O)[O-])CCN(CC(=O)[O-])CCN(CC(=O)[O-])CC2)C(=O)N[C@H](CCCCNC(=O)CCC(=O)NCCC[C@@H](NC(=O)CC[C@H](NC(=O)N[C@@H](CCC(=O)O)C(=O)O)C(=O)O)C(=O)O)C(=O)O)cc1)C(C)(C)C. The largest absolute Gasteiger partial charge is 0.549 e. The molecule has 0 radical (unpaired) electrons. The van der Waals surface area contributed by atoms with Gasteiger partial charge in [-0.25, -0.2) is 24.0 Å². The first-order chi connectivity index (χ1) is 45.2. The molecule has 1 aromatic rings. The Bertz CT molecular complexity index is 2870. The Labute approximate surface area is 560 Å². The number of carbonyl (C=O) groups excluding carboxylic acids is 10. The Morgan fingerprint density at radius 2 is 0.825 bits per heavy atom. The number of nitrogens with one attached hydrogen (secondary N) is 8. The summed E-state index contributed by atoms with van der Waals surface area (Å²) in [4.78, 5) is 191. The molecule has 1 aromatic carbocycles. The predicted octanol–water partition coefficient (Wildman–Crippen LogP) is -5.95. The summed E-state index contributed by atoms with van der Waals surface area (Å²) in [5, 5.41) is 99.8. The second-order valence-corrected chi connectivity index (χ2v) is 30.2. The molecule has 1 heterocycles. The Hall–Kier alpha value is -8.94. The van der Waals surface area contributed by atoms with Crippen LogP contribution >= 0.6 is 0 Å². The molecule has 0 unspecified atom stereocenters.